The van der Waals surface area contributed by atoms with E-state index >= 15 is 0 Å². The lowest BCUT2D eigenvalue weighted by molar-refractivity contribution is 0.122. The topological polar surface area (TPSA) is 39.7 Å². The molecule has 0 fully saturated rings. The maximum absolute atomic E-state index is 5.34. The molecule has 0 saturated carbocycles. The summed E-state index contributed by atoms with van der Waals surface area (Å²) in [5.41, 5.74) is 0. The third kappa shape index (κ3) is 4.06. The Morgan fingerprint density at radius 2 is 1.64 bits per heavy atom. The van der Waals surface area contributed by atoms with Crippen molar-refractivity contribution in [1.82, 2.24) is 5.32 Å². The van der Waals surface area contributed by atoms with Crippen molar-refractivity contribution in [3.05, 3.63) is 0 Å². The Morgan fingerprint density at radius 1 is 1.14 bits per heavy atom. The zero-order chi connectivity index (χ0) is 11.0. The van der Waals surface area contributed by atoms with Crippen molar-refractivity contribution in [2.75, 3.05) is 28.4 Å². The molecule has 0 aliphatic carbocycles. The average molecular weight is 221 g/mol. The van der Waals surface area contributed by atoms with Crippen LogP contribution in [-0.4, -0.2) is 43.2 Å². The minimum absolute atomic E-state index is 0.516. The van der Waals surface area contributed by atoms with Crippen molar-refractivity contribution in [3.8, 4) is 0 Å². The molecule has 0 amide bonds. The predicted molar refractivity (Wildman–Crippen MR) is 59.3 cm³/mol. The quantitative estimate of drug-likeness (QED) is 0.626. The SMILES string of the molecule is CCC(CC[Si](OC)(OC)OC)NC. The standard InChI is InChI=1S/C9H23NO3Si/c1-6-9(10-2)7-8-14(11-3,12-4)13-5/h9-10H,6-8H2,1-5H3. The Hall–Kier alpha value is 0.0569. The van der Waals surface area contributed by atoms with Crippen LogP contribution in [0.2, 0.25) is 6.04 Å². The summed E-state index contributed by atoms with van der Waals surface area (Å²) in [5.74, 6) is 0. The van der Waals surface area contributed by atoms with Crippen LogP contribution in [0.4, 0.5) is 0 Å². The van der Waals surface area contributed by atoms with Gasteiger partial charge in [-0.1, -0.05) is 6.92 Å². The van der Waals surface area contributed by atoms with E-state index in [9.17, 15) is 0 Å². The molecule has 0 rings (SSSR count). The molecule has 0 bridgehead atoms. The highest BCUT2D eigenvalue weighted by atomic mass is 28.4. The van der Waals surface area contributed by atoms with Gasteiger partial charge in [0.25, 0.3) is 0 Å². The van der Waals surface area contributed by atoms with Gasteiger partial charge >= 0.3 is 8.80 Å². The van der Waals surface area contributed by atoms with Crippen LogP contribution in [0.15, 0.2) is 0 Å². The van der Waals surface area contributed by atoms with Gasteiger partial charge in [-0.3, -0.25) is 0 Å². The van der Waals surface area contributed by atoms with Crippen LogP contribution in [0.5, 0.6) is 0 Å². The van der Waals surface area contributed by atoms with E-state index in [-0.39, 0.29) is 0 Å². The first-order valence-corrected chi connectivity index (χ1v) is 6.93. The van der Waals surface area contributed by atoms with Gasteiger partial charge in [0.05, 0.1) is 0 Å². The van der Waals surface area contributed by atoms with Gasteiger partial charge in [0, 0.05) is 33.4 Å². The Kier molecular flexibility index (Phi) is 7.39. The maximum atomic E-state index is 5.34. The van der Waals surface area contributed by atoms with E-state index in [1.54, 1.807) is 21.3 Å². The molecule has 0 aromatic carbocycles. The summed E-state index contributed by atoms with van der Waals surface area (Å²) < 4.78 is 16.0. The van der Waals surface area contributed by atoms with Crippen molar-refractivity contribution in [2.45, 2.75) is 31.9 Å². The van der Waals surface area contributed by atoms with Gasteiger partial charge in [0.2, 0.25) is 0 Å². The number of hydrogen-bond acceptors (Lipinski definition) is 4. The molecule has 1 atom stereocenters. The van der Waals surface area contributed by atoms with Crippen LogP contribution in [0.3, 0.4) is 0 Å². The fourth-order valence-corrected chi connectivity index (χ4v) is 3.27. The molecule has 0 aliphatic rings. The van der Waals surface area contributed by atoms with Gasteiger partial charge in [-0.15, -0.1) is 0 Å². The van der Waals surface area contributed by atoms with E-state index in [1.165, 1.54) is 0 Å². The molecule has 86 valence electrons. The minimum Gasteiger partial charge on any atom is -0.377 e. The van der Waals surface area contributed by atoms with E-state index in [2.05, 4.69) is 12.2 Å². The summed E-state index contributed by atoms with van der Waals surface area (Å²) >= 11 is 0. The first kappa shape index (κ1) is 14.1. The van der Waals surface area contributed by atoms with E-state index in [0.717, 1.165) is 18.9 Å². The highest BCUT2D eigenvalue weighted by Crippen LogP contribution is 2.17. The van der Waals surface area contributed by atoms with Crippen molar-refractivity contribution >= 4 is 8.80 Å². The van der Waals surface area contributed by atoms with Gasteiger partial charge in [-0.25, -0.2) is 0 Å². The monoisotopic (exact) mass is 221 g/mol. The fourth-order valence-electron chi connectivity index (χ4n) is 1.46. The molecule has 4 nitrogen and oxygen atoms in total. The second-order valence-electron chi connectivity index (χ2n) is 3.23. The highest BCUT2D eigenvalue weighted by Gasteiger charge is 2.37. The van der Waals surface area contributed by atoms with Crippen LogP contribution < -0.4 is 5.32 Å². The van der Waals surface area contributed by atoms with Gasteiger partial charge in [-0.05, 0) is 19.9 Å². The Balaban J connectivity index is 4.04. The summed E-state index contributed by atoms with van der Waals surface area (Å²) in [5, 5.41) is 3.25. The van der Waals surface area contributed by atoms with E-state index in [4.69, 9.17) is 13.3 Å². The lowest BCUT2D eigenvalue weighted by Gasteiger charge is -2.26. The first-order chi connectivity index (χ1) is 6.67. The first-order valence-electron chi connectivity index (χ1n) is 5.00. The number of hydrogen-bond donors (Lipinski definition) is 1. The van der Waals surface area contributed by atoms with Crippen LogP contribution in [0, 0.1) is 0 Å². The third-order valence-electron chi connectivity index (χ3n) is 2.63. The number of nitrogens with one attached hydrogen (secondary N) is 1. The lowest BCUT2D eigenvalue weighted by Crippen LogP contribution is -2.44. The normalized spacial score (nSPS) is 14.4. The molecular weight excluding hydrogens is 198 g/mol. The highest BCUT2D eigenvalue weighted by molar-refractivity contribution is 6.60. The molecule has 0 heterocycles. The molecule has 1 unspecified atom stereocenters. The van der Waals surface area contributed by atoms with Crippen molar-refractivity contribution in [3.63, 3.8) is 0 Å². The smallest absolute Gasteiger partial charge is 0.377 e. The molecule has 0 aromatic heterocycles. The third-order valence-corrected chi connectivity index (χ3v) is 5.40. The van der Waals surface area contributed by atoms with E-state index in [0.29, 0.717) is 6.04 Å². The van der Waals surface area contributed by atoms with E-state index < -0.39 is 8.80 Å². The Bertz CT molecular complexity index is 130. The van der Waals surface area contributed by atoms with E-state index in [1.807, 2.05) is 7.05 Å². The maximum Gasteiger partial charge on any atom is 0.500 e. The largest absolute Gasteiger partial charge is 0.500 e. The van der Waals surface area contributed by atoms with Gasteiger partial charge in [0.15, 0.2) is 0 Å². The van der Waals surface area contributed by atoms with Crippen molar-refractivity contribution in [1.29, 1.82) is 0 Å². The molecular formula is C9H23NO3Si. The molecule has 0 saturated heterocycles. The van der Waals surface area contributed by atoms with Gasteiger partial charge in [-0.2, -0.15) is 0 Å². The van der Waals surface area contributed by atoms with Gasteiger partial charge in [0.1, 0.15) is 0 Å². The fraction of sp³-hybridized carbons (Fsp3) is 1.00. The van der Waals surface area contributed by atoms with Gasteiger partial charge < -0.3 is 18.6 Å². The second kappa shape index (κ2) is 7.36. The molecule has 5 heteroatoms. The van der Waals surface area contributed by atoms with Crippen molar-refractivity contribution < 1.29 is 13.3 Å². The summed E-state index contributed by atoms with van der Waals surface area (Å²) in [7, 11) is 4.58. The predicted octanol–water partition coefficient (Wildman–Crippen LogP) is 1.25. The molecule has 14 heavy (non-hydrogen) atoms. The molecule has 0 spiro atoms. The average Bonchev–Trinajstić information content (AvgIpc) is 2.26. The summed E-state index contributed by atoms with van der Waals surface area (Å²) in [6, 6.07) is 1.37. The zero-order valence-electron chi connectivity index (χ0n) is 9.92. The minimum atomic E-state index is -2.35. The summed E-state index contributed by atoms with van der Waals surface area (Å²) in [4.78, 5) is 0. The molecule has 0 radical (unpaired) electrons. The Labute approximate surface area is 88.3 Å². The van der Waals surface area contributed by atoms with Crippen LogP contribution in [0.25, 0.3) is 0 Å². The number of rotatable bonds is 8. The van der Waals surface area contributed by atoms with Crippen LogP contribution in [0.1, 0.15) is 19.8 Å². The van der Waals surface area contributed by atoms with Crippen LogP contribution in [-0.2, 0) is 13.3 Å². The summed E-state index contributed by atoms with van der Waals surface area (Å²) in [6.45, 7) is 2.16. The Morgan fingerprint density at radius 3 is 1.93 bits per heavy atom. The van der Waals surface area contributed by atoms with Crippen LogP contribution >= 0.6 is 0 Å². The lowest BCUT2D eigenvalue weighted by atomic mass is 10.2. The molecule has 0 aliphatic heterocycles. The van der Waals surface area contributed by atoms with Crippen molar-refractivity contribution in [2.24, 2.45) is 0 Å². The zero-order valence-corrected chi connectivity index (χ0v) is 10.9. The molecule has 1 N–H and O–H groups in total. The summed E-state index contributed by atoms with van der Waals surface area (Å²) in [6.07, 6.45) is 2.13. The second-order valence-corrected chi connectivity index (χ2v) is 6.32. The molecule has 0 aromatic rings.